The molecule has 272 valence electrons. The van der Waals surface area contributed by atoms with Gasteiger partial charge in [0.2, 0.25) is 0 Å². The molecular weight excluding hydrogens is 568 g/mol. The van der Waals surface area contributed by atoms with E-state index in [-0.39, 0.29) is 12.2 Å². The van der Waals surface area contributed by atoms with Crippen LogP contribution in [-0.4, -0.2) is 75.6 Å². The monoisotopic (exact) mass is 647 g/mol. The van der Waals surface area contributed by atoms with Gasteiger partial charge in [-0.15, -0.1) is 0 Å². The lowest BCUT2D eigenvalue weighted by Gasteiger charge is -2.18. The van der Waals surface area contributed by atoms with Crippen LogP contribution in [0.15, 0.2) is 0 Å². The fourth-order valence-corrected chi connectivity index (χ4v) is 6.39. The van der Waals surface area contributed by atoms with Crippen LogP contribution in [0.4, 0.5) is 0 Å². The van der Waals surface area contributed by atoms with Crippen LogP contribution in [0.3, 0.4) is 0 Å². The molecule has 0 aliphatic heterocycles. The molecule has 7 nitrogen and oxygen atoms in total. The van der Waals surface area contributed by atoms with Crippen molar-refractivity contribution in [1.29, 1.82) is 0 Å². The van der Waals surface area contributed by atoms with Gasteiger partial charge in [-0.1, -0.05) is 66.2 Å². The Kier molecular flexibility index (Phi) is 33.4. The smallest absolute Gasteiger partial charge is 0.149 e. The molecule has 0 fully saturated rings. The van der Waals surface area contributed by atoms with Gasteiger partial charge in [0.15, 0.2) is 0 Å². The van der Waals surface area contributed by atoms with Gasteiger partial charge in [0.25, 0.3) is 0 Å². The maximum atomic E-state index is 9.50. The van der Waals surface area contributed by atoms with E-state index in [2.05, 4.69) is 27.7 Å². The molecule has 0 amide bonds. The van der Waals surface area contributed by atoms with Crippen LogP contribution < -0.4 is 0 Å². The molecule has 0 aliphatic carbocycles. The zero-order valence-corrected chi connectivity index (χ0v) is 30.8. The van der Waals surface area contributed by atoms with Crippen molar-refractivity contribution in [1.82, 2.24) is 0 Å². The molecule has 7 heteroatoms. The summed E-state index contributed by atoms with van der Waals surface area (Å²) in [5.41, 5.74) is 0. The second kappa shape index (κ2) is 33.6. The van der Waals surface area contributed by atoms with Crippen molar-refractivity contribution in [3.63, 3.8) is 0 Å². The van der Waals surface area contributed by atoms with E-state index >= 15 is 0 Å². The van der Waals surface area contributed by atoms with Gasteiger partial charge in [0.05, 0.1) is 12.2 Å². The lowest BCUT2D eigenvalue weighted by molar-refractivity contribution is -0.131. The summed E-state index contributed by atoms with van der Waals surface area (Å²) < 4.78 is 28.2. The molecule has 2 N–H and O–H groups in total. The number of aliphatic hydroxyl groups excluding tert-OH is 2. The van der Waals surface area contributed by atoms with Crippen molar-refractivity contribution in [3.05, 3.63) is 0 Å². The number of rotatable bonds is 36. The summed E-state index contributed by atoms with van der Waals surface area (Å²) in [5.74, 6) is 2.60. The fourth-order valence-electron chi connectivity index (χ4n) is 6.39. The highest BCUT2D eigenvalue weighted by atomic mass is 16.7. The van der Waals surface area contributed by atoms with Crippen molar-refractivity contribution in [3.8, 4) is 0 Å². The van der Waals surface area contributed by atoms with Gasteiger partial charge in [-0.2, -0.15) is 0 Å². The van der Waals surface area contributed by atoms with Gasteiger partial charge in [0.1, 0.15) is 13.6 Å². The Hall–Kier alpha value is -0.280. The zero-order valence-electron chi connectivity index (χ0n) is 30.8. The summed E-state index contributed by atoms with van der Waals surface area (Å²) in [5, 5.41) is 19.0. The Bertz CT molecular complexity index is 526. The molecule has 0 heterocycles. The van der Waals surface area contributed by atoms with Gasteiger partial charge in [-0.05, 0) is 115 Å². The van der Waals surface area contributed by atoms with Gasteiger partial charge >= 0.3 is 0 Å². The van der Waals surface area contributed by atoms with Crippen LogP contribution in [0, 0.1) is 23.7 Å². The largest absolute Gasteiger partial charge is 0.393 e. The SMILES string of the molecule is CC(O)CC(C)CC(C)CCCOCCCCCCCOCOCOCCCCCCCOCCCC(C)CC(C)CC(C)O. The van der Waals surface area contributed by atoms with Crippen LogP contribution in [0.2, 0.25) is 0 Å². The molecule has 0 saturated heterocycles. The van der Waals surface area contributed by atoms with Crippen molar-refractivity contribution in [2.24, 2.45) is 23.7 Å². The van der Waals surface area contributed by atoms with E-state index in [4.69, 9.17) is 23.7 Å². The van der Waals surface area contributed by atoms with E-state index in [0.717, 1.165) is 91.0 Å². The molecule has 0 bridgehead atoms. The third-order valence-corrected chi connectivity index (χ3v) is 8.56. The summed E-state index contributed by atoms with van der Waals surface area (Å²) in [7, 11) is 0. The van der Waals surface area contributed by atoms with E-state index in [9.17, 15) is 10.2 Å². The van der Waals surface area contributed by atoms with E-state index in [1.165, 1.54) is 64.2 Å². The Labute approximate surface area is 279 Å². The van der Waals surface area contributed by atoms with E-state index in [1.807, 2.05) is 13.8 Å². The summed E-state index contributed by atoms with van der Waals surface area (Å²) in [4.78, 5) is 0. The topological polar surface area (TPSA) is 86.6 Å². The van der Waals surface area contributed by atoms with E-state index < -0.39 is 0 Å². The zero-order chi connectivity index (χ0) is 33.4. The molecule has 6 unspecified atom stereocenters. The Morgan fingerprint density at radius 2 is 0.644 bits per heavy atom. The Morgan fingerprint density at radius 3 is 1.00 bits per heavy atom. The van der Waals surface area contributed by atoms with Crippen LogP contribution in [0.25, 0.3) is 0 Å². The standard InChI is InChI=1S/C38H78O7/c1-33(27-35(3)29-37(5)39)19-17-25-41-21-13-9-7-11-15-23-43-31-45-32-44-24-16-12-8-10-14-22-42-26-18-20-34(2)28-36(4)30-38(6)40/h33-40H,7-32H2,1-6H3. The molecule has 0 aromatic rings. The molecule has 0 aromatic heterocycles. The summed E-state index contributed by atoms with van der Waals surface area (Å²) in [6.07, 6.45) is 20.2. The summed E-state index contributed by atoms with van der Waals surface area (Å²) >= 11 is 0. The fraction of sp³-hybridized carbons (Fsp3) is 1.00. The molecule has 45 heavy (non-hydrogen) atoms. The van der Waals surface area contributed by atoms with Gasteiger partial charge < -0.3 is 33.9 Å². The molecule has 0 radical (unpaired) electrons. The highest BCUT2D eigenvalue weighted by molar-refractivity contribution is 4.64. The first-order valence-corrected chi connectivity index (χ1v) is 18.9. The first-order valence-electron chi connectivity index (χ1n) is 18.9. The lowest BCUT2D eigenvalue weighted by atomic mass is 9.90. The minimum Gasteiger partial charge on any atom is -0.393 e. The van der Waals surface area contributed by atoms with Crippen molar-refractivity contribution < 1.29 is 33.9 Å². The maximum absolute atomic E-state index is 9.50. The molecule has 0 saturated carbocycles. The number of aliphatic hydroxyl groups is 2. The highest BCUT2D eigenvalue weighted by Gasteiger charge is 2.12. The quantitative estimate of drug-likeness (QED) is 0.0518. The predicted molar refractivity (Wildman–Crippen MR) is 187 cm³/mol. The van der Waals surface area contributed by atoms with Crippen molar-refractivity contribution >= 4 is 0 Å². The Balaban J connectivity index is 3.20. The first kappa shape index (κ1) is 44.7. The molecule has 0 spiro atoms. The third kappa shape index (κ3) is 36.4. The predicted octanol–water partition coefficient (Wildman–Crippen LogP) is 9.31. The molecule has 6 atom stereocenters. The molecule has 0 aliphatic rings. The van der Waals surface area contributed by atoms with Crippen molar-refractivity contribution in [2.75, 3.05) is 53.2 Å². The second-order valence-corrected chi connectivity index (χ2v) is 14.4. The first-order chi connectivity index (χ1) is 21.7. The number of hydrogen-bond donors (Lipinski definition) is 2. The van der Waals surface area contributed by atoms with Crippen LogP contribution >= 0.6 is 0 Å². The number of unbranched alkanes of at least 4 members (excludes halogenated alkanes) is 8. The Morgan fingerprint density at radius 1 is 0.333 bits per heavy atom. The second-order valence-electron chi connectivity index (χ2n) is 14.4. The van der Waals surface area contributed by atoms with Crippen LogP contribution in [0.5, 0.6) is 0 Å². The summed E-state index contributed by atoms with van der Waals surface area (Å²) in [6, 6.07) is 0. The minimum absolute atomic E-state index is 0.186. The lowest BCUT2D eigenvalue weighted by Crippen LogP contribution is -2.11. The highest BCUT2D eigenvalue weighted by Crippen LogP contribution is 2.21. The number of hydrogen-bond acceptors (Lipinski definition) is 7. The van der Waals surface area contributed by atoms with Gasteiger partial charge in [-0.3, -0.25) is 0 Å². The van der Waals surface area contributed by atoms with Gasteiger partial charge in [0, 0.05) is 39.6 Å². The van der Waals surface area contributed by atoms with Crippen LogP contribution in [-0.2, 0) is 23.7 Å². The van der Waals surface area contributed by atoms with E-state index in [1.54, 1.807) is 0 Å². The van der Waals surface area contributed by atoms with Crippen LogP contribution in [0.1, 0.15) is 157 Å². The maximum Gasteiger partial charge on any atom is 0.149 e. The van der Waals surface area contributed by atoms with Crippen molar-refractivity contribution in [2.45, 2.75) is 169 Å². The average Bonchev–Trinajstić information content (AvgIpc) is 2.95. The molecular formula is C38H78O7. The van der Waals surface area contributed by atoms with Gasteiger partial charge in [-0.25, -0.2) is 0 Å². The molecule has 0 rings (SSSR count). The normalized spacial score (nSPS) is 16.0. The minimum atomic E-state index is -0.186. The van der Waals surface area contributed by atoms with E-state index in [0.29, 0.717) is 37.3 Å². The summed E-state index contributed by atoms with van der Waals surface area (Å²) in [6.45, 7) is 18.5. The number of ether oxygens (including phenoxy) is 5. The molecule has 0 aromatic carbocycles. The average molecular weight is 647 g/mol. The third-order valence-electron chi connectivity index (χ3n) is 8.56.